The number of halogens is 1. The minimum absolute atomic E-state index is 0. The maximum atomic E-state index is 5.17. The van der Waals surface area contributed by atoms with Gasteiger partial charge in [-0.2, -0.15) is 10.5 Å². The van der Waals surface area contributed by atoms with E-state index in [0.717, 1.165) is 24.3 Å². The topological polar surface area (TPSA) is 35.7 Å². The van der Waals surface area contributed by atoms with Gasteiger partial charge in [-0.1, -0.05) is 0 Å². The number of rotatable bonds is 0. The Kier molecular flexibility index (Phi) is 2.29. The molecule has 2 rings (SSSR count). The summed E-state index contributed by atoms with van der Waals surface area (Å²) in [7, 11) is 0. The first-order valence-corrected chi connectivity index (χ1v) is 3.00. The monoisotopic (exact) mass is 159 g/mol. The van der Waals surface area contributed by atoms with Crippen molar-refractivity contribution in [2.75, 3.05) is 13.2 Å². The highest BCUT2D eigenvalue weighted by Gasteiger charge is 2.17. The summed E-state index contributed by atoms with van der Waals surface area (Å²) in [4.78, 5) is 0. The van der Waals surface area contributed by atoms with Gasteiger partial charge < -0.3 is 4.74 Å². The molecule has 0 aromatic carbocycles. The van der Waals surface area contributed by atoms with E-state index in [1.165, 1.54) is 0 Å². The Bertz CT molecular complexity index is 168. The van der Waals surface area contributed by atoms with Crippen molar-refractivity contribution in [3.05, 3.63) is 11.8 Å². The second-order valence-electron chi connectivity index (χ2n) is 2.12. The maximum Gasteiger partial charge on any atom is 0.0751 e. The molecule has 1 radical (unpaired) electrons. The molecule has 0 aliphatic carbocycles. The van der Waals surface area contributed by atoms with Crippen LogP contribution in [0.5, 0.6) is 0 Å². The molecule has 0 amide bonds. The van der Waals surface area contributed by atoms with Gasteiger partial charge in [-0.25, -0.2) is 0 Å². The second kappa shape index (κ2) is 3.03. The van der Waals surface area contributed by atoms with E-state index in [1.807, 2.05) is 0 Å². The molecule has 0 unspecified atom stereocenters. The molecular formula is C6H8ClN2O. The van der Waals surface area contributed by atoms with Crippen LogP contribution in [0.1, 0.15) is 6.42 Å². The average molecular weight is 160 g/mol. The fourth-order valence-electron chi connectivity index (χ4n) is 0.989. The molecule has 1 saturated heterocycles. The van der Waals surface area contributed by atoms with E-state index in [1.54, 1.807) is 6.20 Å². The van der Waals surface area contributed by atoms with Crippen molar-refractivity contribution < 1.29 is 4.74 Å². The number of hydrogen-bond donors (Lipinski definition) is 0. The van der Waals surface area contributed by atoms with Gasteiger partial charge in [-0.15, -0.1) is 12.4 Å². The molecule has 0 aromatic rings. The van der Waals surface area contributed by atoms with Crippen LogP contribution in [0.15, 0.2) is 16.9 Å². The lowest BCUT2D eigenvalue weighted by atomic mass is 10.1. The van der Waals surface area contributed by atoms with Crippen molar-refractivity contribution in [1.29, 1.82) is 0 Å². The molecule has 0 N–H and O–H groups in total. The van der Waals surface area contributed by atoms with Gasteiger partial charge in [0, 0.05) is 12.0 Å². The zero-order valence-electron chi connectivity index (χ0n) is 5.41. The van der Waals surface area contributed by atoms with Gasteiger partial charge in [0.25, 0.3) is 0 Å². The number of hydrogen-bond acceptors (Lipinski definition) is 2. The molecular weight excluding hydrogens is 152 g/mol. The quantitative estimate of drug-likeness (QED) is 0.512. The summed E-state index contributed by atoms with van der Waals surface area (Å²) in [5, 5.41) is 3.93. The summed E-state index contributed by atoms with van der Waals surface area (Å²) in [6, 6.07) is 0. The largest absolute Gasteiger partial charge is 0.376 e. The van der Waals surface area contributed by atoms with Gasteiger partial charge in [0.2, 0.25) is 0 Å². The highest BCUT2D eigenvalue weighted by Crippen LogP contribution is 2.12. The van der Waals surface area contributed by atoms with Gasteiger partial charge in [-0.05, 0) is 0 Å². The lowest BCUT2D eigenvalue weighted by Crippen LogP contribution is -2.16. The lowest BCUT2D eigenvalue weighted by molar-refractivity contribution is 0.158. The minimum Gasteiger partial charge on any atom is -0.376 e. The van der Waals surface area contributed by atoms with Crippen molar-refractivity contribution in [3.63, 3.8) is 0 Å². The molecule has 55 valence electrons. The molecule has 10 heavy (non-hydrogen) atoms. The van der Waals surface area contributed by atoms with Crippen LogP contribution in [0.3, 0.4) is 0 Å². The molecule has 0 bridgehead atoms. The van der Waals surface area contributed by atoms with Gasteiger partial charge >= 0.3 is 0 Å². The van der Waals surface area contributed by atoms with Gasteiger partial charge in [0.1, 0.15) is 0 Å². The first-order chi connectivity index (χ1) is 4.47. The van der Waals surface area contributed by atoms with Crippen LogP contribution in [0.4, 0.5) is 0 Å². The Balaban J connectivity index is 0.000000500. The molecule has 0 atom stereocenters. The molecule has 0 aromatic heterocycles. The van der Waals surface area contributed by atoms with Crippen LogP contribution in [0.25, 0.3) is 0 Å². The Morgan fingerprint density at radius 1 is 1.50 bits per heavy atom. The molecule has 2 heterocycles. The third-order valence-electron chi connectivity index (χ3n) is 1.50. The molecule has 4 heteroatoms. The summed E-state index contributed by atoms with van der Waals surface area (Å²) in [6.45, 7) is 1.49. The standard InChI is InChI=1S/C6H7N2O.ClH/c1-2-9-4-5-3-7-8-6(1)5;/h3H,1-2,4H2;1H. The van der Waals surface area contributed by atoms with E-state index >= 15 is 0 Å². The molecule has 2 aliphatic heterocycles. The van der Waals surface area contributed by atoms with Crippen LogP contribution in [0.2, 0.25) is 0 Å². The Morgan fingerprint density at radius 2 is 2.40 bits per heavy atom. The molecule has 0 spiro atoms. The van der Waals surface area contributed by atoms with Crippen LogP contribution in [0, 0.1) is 0 Å². The third kappa shape index (κ3) is 1.15. The minimum atomic E-state index is 0. The molecule has 1 fully saturated rings. The van der Waals surface area contributed by atoms with Crippen molar-refractivity contribution in [2.45, 2.75) is 6.42 Å². The Morgan fingerprint density at radius 3 is 3.20 bits per heavy atom. The summed E-state index contributed by atoms with van der Waals surface area (Å²) in [5.41, 5.74) is 6.04. The van der Waals surface area contributed by atoms with E-state index in [9.17, 15) is 0 Å². The maximum absolute atomic E-state index is 5.17. The number of nitrogens with zero attached hydrogens (tertiary/aromatic N) is 2. The van der Waals surface area contributed by atoms with Crippen LogP contribution in [-0.2, 0) is 4.74 Å². The zero-order chi connectivity index (χ0) is 6.10. The summed E-state index contributed by atoms with van der Waals surface area (Å²) in [5.74, 6) is 0. The summed E-state index contributed by atoms with van der Waals surface area (Å²) < 4.78 is 5.17. The van der Waals surface area contributed by atoms with Crippen molar-refractivity contribution >= 4 is 18.1 Å². The fraction of sp³-hybridized carbons (Fsp3) is 0.500. The van der Waals surface area contributed by atoms with Crippen molar-refractivity contribution in [1.82, 2.24) is 5.43 Å². The van der Waals surface area contributed by atoms with E-state index in [4.69, 9.17) is 4.74 Å². The first-order valence-electron chi connectivity index (χ1n) is 3.00. The predicted octanol–water partition coefficient (Wildman–Crippen LogP) is 0.686. The van der Waals surface area contributed by atoms with Crippen molar-refractivity contribution in [3.8, 4) is 0 Å². The normalized spacial score (nSPS) is 21.6. The third-order valence-corrected chi connectivity index (χ3v) is 1.50. The van der Waals surface area contributed by atoms with E-state index in [-0.39, 0.29) is 12.4 Å². The average Bonchev–Trinajstić information content (AvgIpc) is 2.33. The van der Waals surface area contributed by atoms with E-state index in [2.05, 4.69) is 10.5 Å². The highest BCUT2D eigenvalue weighted by atomic mass is 35.5. The Hall–Kier alpha value is -0.540. The van der Waals surface area contributed by atoms with Gasteiger partial charge in [0.05, 0.1) is 25.1 Å². The Labute approximate surface area is 65.5 Å². The first kappa shape index (κ1) is 7.57. The lowest BCUT2D eigenvalue weighted by Gasteiger charge is -2.11. The van der Waals surface area contributed by atoms with Crippen LogP contribution >= 0.6 is 12.4 Å². The van der Waals surface area contributed by atoms with Gasteiger partial charge in [0.15, 0.2) is 0 Å². The van der Waals surface area contributed by atoms with Crippen LogP contribution < -0.4 is 5.43 Å². The van der Waals surface area contributed by atoms with Crippen molar-refractivity contribution in [2.24, 2.45) is 5.10 Å². The predicted molar refractivity (Wildman–Crippen MR) is 40.3 cm³/mol. The van der Waals surface area contributed by atoms with Crippen LogP contribution in [-0.4, -0.2) is 18.9 Å². The second-order valence-corrected chi connectivity index (χ2v) is 2.12. The number of fused-ring (bicyclic) bond motifs is 1. The molecule has 0 saturated carbocycles. The molecule has 3 nitrogen and oxygen atoms in total. The summed E-state index contributed by atoms with van der Waals surface area (Å²) >= 11 is 0. The van der Waals surface area contributed by atoms with E-state index < -0.39 is 0 Å². The summed E-state index contributed by atoms with van der Waals surface area (Å²) in [6.07, 6.45) is 2.70. The van der Waals surface area contributed by atoms with E-state index in [0.29, 0.717) is 6.61 Å². The van der Waals surface area contributed by atoms with Gasteiger partial charge in [-0.3, -0.25) is 0 Å². The molecule has 2 aliphatic rings. The zero-order valence-corrected chi connectivity index (χ0v) is 6.23. The highest BCUT2D eigenvalue weighted by molar-refractivity contribution is 6.01. The fourth-order valence-corrected chi connectivity index (χ4v) is 0.989. The smallest absolute Gasteiger partial charge is 0.0751 e. The number of ether oxygens (including phenoxy) is 1. The SMILES string of the molecule is C1=C2COCCC2=N[N]1.Cl.